The first kappa shape index (κ1) is 26.4. The summed E-state index contributed by atoms with van der Waals surface area (Å²) in [6, 6.07) is 12.3. The molecule has 0 aliphatic rings. The number of nitrogens with one attached hydrogen (secondary N) is 1. The van der Waals surface area contributed by atoms with Crippen LogP contribution in [0, 0.1) is 0 Å². The van der Waals surface area contributed by atoms with E-state index < -0.39 is 11.9 Å². The van der Waals surface area contributed by atoms with Crippen molar-refractivity contribution < 1.29 is 23.9 Å². The van der Waals surface area contributed by atoms with Crippen LogP contribution in [0.25, 0.3) is 11.3 Å². The highest BCUT2D eigenvalue weighted by Gasteiger charge is 2.15. The zero-order valence-corrected chi connectivity index (χ0v) is 21.2. The highest BCUT2D eigenvalue weighted by molar-refractivity contribution is 7.14. The number of rotatable bonds is 11. The molecule has 7 nitrogen and oxygen atoms in total. The molecule has 35 heavy (non-hydrogen) atoms. The van der Waals surface area contributed by atoms with Crippen molar-refractivity contribution >= 4 is 45.9 Å². The number of esters is 2. The minimum atomic E-state index is -0.407. The van der Waals surface area contributed by atoms with E-state index in [4.69, 9.17) is 21.1 Å². The monoisotopic (exact) mass is 514 g/mol. The quantitative estimate of drug-likeness (QED) is 0.233. The summed E-state index contributed by atoms with van der Waals surface area (Å²) in [4.78, 5) is 40.9. The van der Waals surface area contributed by atoms with E-state index in [-0.39, 0.29) is 36.7 Å². The van der Waals surface area contributed by atoms with Gasteiger partial charge in [0, 0.05) is 35.2 Å². The minimum Gasteiger partial charge on any atom is -0.423 e. The largest absolute Gasteiger partial charge is 0.423 e. The minimum absolute atomic E-state index is 0.179. The van der Waals surface area contributed by atoms with Crippen LogP contribution >= 0.6 is 22.9 Å². The summed E-state index contributed by atoms with van der Waals surface area (Å²) in [6.45, 7) is 3.75. The van der Waals surface area contributed by atoms with Gasteiger partial charge in [-0.05, 0) is 49.1 Å². The Kier molecular flexibility index (Phi) is 9.81. The van der Waals surface area contributed by atoms with E-state index in [1.54, 1.807) is 30.3 Å². The van der Waals surface area contributed by atoms with Crippen LogP contribution in [0.4, 0.5) is 5.13 Å². The fourth-order valence-electron chi connectivity index (χ4n) is 3.15. The number of carbonyl (C=O) groups is 3. The molecule has 0 bridgehead atoms. The van der Waals surface area contributed by atoms with E-state index in [0.717, 1.165) is 16.8 Å². The highest BCUT2D eigenvalue weighted by Crippen LogP contribution is 2.30. The Morgan fingerprint density at radius 3 is 2.23 bits per heavy atom. The van der Waals surface area contributed by atoms with E-state index in [1.807, 2.05) is 31.4 Å². The van der Waals surface area contributed by atoms with Crippen LogP contribution in [0.2, 0.25) is 5.02 Å². The van der Waals surface area contributed by atoms with Gasteiger partial charge >= 0.3 is 11.9 Å². The fraction of sp³-hybridized carbons (Fsp3) is 0.308. The zero-order chi connectivity index (χ0) is 25.2. The van der Waals surface area contributed by atoms with Crippen LogP contribution in [-0.2, 0) is 20.8 Å². The maximum atomic E-state index is 12.5. The third kappa shape index (κ3) is 8.19. The Bertz CT molecular complexity index is 1180. The van der Waals surface area contributed by atoms with Crippen LogP contribution in [0.3, 0.4) is 0 Å². The van der Waals surface area contributed by atoms with Gasteiger partial charge in [0.15, 0.2) is 16.6 Å². The standard InChI is InChI=1S/C26H27ClN2O5S/c1-3-5-24(31)33-21-13-7-17(15-22(21)34-25(32)6-4-2)8-14-23(30)29-26-28-20(16-35-26)18-9-11-19(27)12-10-18/h7,9-13,15-16H,3-6,8,14H2,1-2H3,(H,28,29,30). The molecule has 1 aromatic heterocycles. The Balaban J connectivity index is 1.62. The third-order valence-electron chi connectivity index (χ3n) is 4.90. The number of halogens is 1. The molecule has 1 N–H and O–H groups in total. The van der Waals surface area contributed by atoms with Crippen molar-refractivity contribution in [2.75, 3.05) is 5.32 Å². The predicted molar refractivity (Wildman–Crippen MR) is 137 cm³/mol. The van der Waals surface area contributed by atoms with Gasteiger partial charge in [-0.3, -0.25) is 14.4 Å². The van der Waals surface area contributed by atoms with E-state index in [0.29, 0.717) is 29.4 Å². The molecule has 0 radical (unpaired) electrons. The number of ether oxygens (including phenoxy) is 2. The maximum absolute atomic E-state index is 12.5. The van der Waals surface area contributed by atoms with Gasteiger partial charge in [0.25, 0.3) is 0 Å². The average molecular weight is 515 g/mol. The summed E-state index contributed by atoms with van der Waals surface area (Å²) in [5, 5.41) is 5.84. The lowest BCUT2D eigenvalue weighted by Crippen LogP contribution is -2.13. The van der Waals surface area contributed by atoms with E-state index in [1.165, 1.54) is 11.3 Å². The summed E-state index contributed by atoms with van der Waals surface area (Å²) < 4.78 is 10.8. The van der Waals surface area contributed by atoms with Gasteiger partial charge in [0.2, 0.25) is 5.91 Å². The predicted octanol–water partition coefficient (Wildman–Crippen LogP) is 6.45. The molecular weight excluding hydrogens is 488 g/mol. The second-order valence-corrected chi connectivity index (χ2v) is 9.12. The first-order valence-corrected chi connectivity index (χ1v) is 12.7. The number of aromatic nitrogens is 1. The lowest BCUT2D eigenvalue weighted by atomic mass is 10.1. The molecule has 3 rings (SSSR count). The topological polar surface area (TPSA) is 94.6 Å². The second kappa shape index (κ2) is 13.0. The van der Waals surface area contributed by atoms with Gasteiger partial charge in [0.05, 0.1) is 5.69 Å². The van der Waals surface area contributed by atoms with Gasteiger partial charge in [-0.2, -0.15) is 0 Å². The lowest BCUT2D eigenvalue weighted by Gasteiger charge is -2.12. The molecule has 0 unspecified atom stereocenters. The van der Waals surface area contributed by atoms with Gasteiger partial charge < -0.3 is 14.8 Å². The Hall–Kier alpha value is -3.23. The van der Waals surface area contributed by atoms with Crippen molar-refractivity contribution in [3.63, 3.8) is 0 Å². The van der Waals surface area contributed by atoms with Crippen molar-refractivity contribution in [1.29, 1.82) is 0 Å². The number of amides is 1. The van der Waals surface area contributed by atoms with Gasteiger partial charge in [0.1, 0.15) is 0 Å². The molecule has 0 aliphatic carbocycles. The first-order chi connectivity index (χ1) is 16.9. The molecule has 0 atom stereocenters. The molecule has 0 saturated heterocycles. The van der Waals surface area contributed by atoms with Gasteiger partial charge in [-0.25, -0.2) is 4.98 Å². The Morgan fingerprint density at radius 1 is 0.914 bits per heavy atom. The molecule has 2 aromatic carbocycles. The number of hydrogen-bond donors (Lipinski definition) is 1. The molecule has 1 heterocycles. The molecule has 1 amide bonds. The van der Waals surface area contributed by atoms with Crippen molar-refractivity contribution in [2.45, 2.75) is 52.4 Å². The van der Waals surface area contributed by atoms with E-state index >= 15 is 0 Å². The van der Waals surface area contributed by atoms with Crippen LogP contribution in [-0.4, -0.2) is 22.8 Å². The van der Waals surface area contributed by atoms with Crippen molar-refractivity contribution in [2.24, 2.45) is 0 Å². The molecule has 184 valence electrons. The number of anilines is 1. The summed E-state index contributed by atoms with van der Waals surface area (Å²) in [7, 11) is 0. The SMILES string of the molecule is CCCC(=O)Oc1ccc(CCC(=O)Nc2nc(-c3ccc(Cl)cc3)cs2)cc1OC(=O)CCC. The van der Waals surface area contributed by atoms with Crippen LogP contribution in [0.15, 0.2) is 47.8 Å². The van der Waals surface area contributed by atoms with Crippen LogP contribution < -0.4 is 14.8 Å². The number of carbonyl (C=O) groups excluding carboxylic acids is 3. The van der Waals surface area contributed by atoms with Crippen molar-refractivity contribution in [3.05, 3.63) is 58.4 Å². The van der Waals surface area contributed by atoms with Crippen molar-refractivity contribution in [3.8, 4) is 22.8 Å². The van der Waals surface area contributed by atoms with Crippen LogP contribution in [0.1, 0.15) is 51.5 Å². The van der Waals surface area contributed by atoms with Crippen molar-refractivity contribution in [1.82, 2.24) is 4.98 Å². The van der Waals surface area contributed by atoms with E-state index in [2.05, 4.69) is 10.3 Å². The normalized spacial score (nSPS) is 10.6. The number of nitrogens with zero attached hydrogens (tertiary/aromatic N) is 1. The molecule has 0 saturated carbocycles. The molecule has 0 aliphatic heterocycles. The summed E-state index contributed by atoms with van der Waals surface area (Å²) >= 11 is 7.27. The van der Waals surface area contributed by atoms with E-state index in [9.17, 15) is 14.4 Å². The Morgan fingerprint density at radius 2 is 1.57 bits per heavy atom. The summed E-state index contributed by atoms with van der Waals surface area (Å²) in [6.07, 6.45) is 2.41. The number of hydrogen-bond acceptors (Lipinski definition) is 7. The maximum Gasteiger partial charge on any atom is 0.311 e. The highest BCUT2D eigenvalue weighted by atomic mass is 35.5. The average Bonchev–Trinajstić information content (AvgIpc) is 3.28. The fourth-order valence-corrected chi connectivity index (χ4v) is 4.01. The van der Waals surface area contributed by atoms with Crippen LogP contribution in [0.5, 0.6) is 11.5 Å². The number of aryl methyl sites for hydroxylation is 1. The Labute approximate surface area is 213 Å². The lowest BCUT2D eigenvalue weighted by molar-refractivity contribution is -0.137. The summed E-state index contributed by atoms with van der Waals surface area (Å²) in [5.41, 5.74) is 2.44. The second-order valence-electron chi connectivity index (χ2n) is 7.82. The third-order valence-corrected chi connectivity index (χ3v) is 5.90. The molecule has 0 fully saturated rings. The first-order valence-electron chi connectivity index (χ1n) is 11.4. The van der Waals surface area contributed by atoms with Gasteiger partial charge in [-0.15, -0.1) is 11.3 Å². The molecule has 9 heteroatoms. The molecule has 0 spiro atoms. The molecule has 3 aromatic rings. The molecular formula is C26H27ClN2O5S. The summed E-state index contributed by atoms with van der Waals surface area (Å²) in [5.74, 6) is -0.619. The van der Waals surface area contributed by atoms with Gasteiger partial charge in [-0.1, -0.05) is 43.6 Å². The smallest absolute Gasteiger partial charge is 0.311 e. The number of thiazole rings is 1. The zero-order valence-electron chi connectivity index (χ0n) is 19.6. The number of benzene rings is 2.